The van der Waals surface area contributed by atoms with Gasteiger partial charge in [0.05, 0.1) is 7.11 Å². The van der Waals surface area contributed by atoms with Crippen molar-refractivity contribution in [1.29, 1.82) is 5.26 Å². The summed E-state index contributed by atoms with van der Waals surface area (Å²) in [6, 6.07) is 12.9. The third-order valence-electron chi connectivity index (χ3n) is 3.00. The second-order valence-corrected chi connectivity index (χ2v) is 4.99. The maximum Gasteiger partial charge on any atom is 0.266 e. The van der Waals surface area contributed by atoms with E-state index in [9.17, 15) is 9.90 Å². The highest BCUT2D eigenvalue weighted by Crippen LogP contribution is 2.24. The lowest BCUT2D eigenvalue weighted by Gasteiger charge is -2.06. The molecule has 0 aliphatic heterocycles. The average Bonchev–Trinajstić information content (AvgIpc) is 2.56. The van der Waals surface area contributed by atoms with Gasteiger partial charge in [0, 0.05) is 16.3 Å². The van der Waals surface area contributed by atoms with Gasteiger partial charge in [-0.1, -0.05) is 11.6 Å². The van der Waals surface area contributed by atoms with Gasteiger partial charge in [0.15, 0.2) is 0 Å². The summed E-state index contributed by atoms with van der Waals surface area (Å²) in [5.41, 5.74) is 0.657. The summed E-state index contributed by atoms with van der Waals surface area (Å²) in [7, 11) is 1.54. The number of benzene rings is 2. The summed E-state index contributed by atoms with van der Waals surface area (Å²) in [6.45, 7) is 0. The van der Waals surface area contributed by atoms with Crippen molar-refractivity contribution in [2.45, 2.75) is 0 Å². The zero-order chi connectivity index (χ0) is 16.8. The van der Waals surface area contributed by atoms with E-state index in [2.05, 4.69) is 5.32 Å². The fraction of sp³-hybridized carbons (Fsp3) is 0.0588. The molecule has 5 nitrogen and oxygen atoms in total. The average molecular weight is 329 g/mol. The number of methoxy groups -OCH3 is 1. The zero-order valence-corrected chi connectivity index (χ0v) is 13.0. The highest BCUT2D eigenvalue weighted by atomic mass is 35.5. The van der Waals surface area contributed by atoms with Crippen LogP contribution in [0.2, 0.25) is 5.02 Å². The summed E-state index contributed by atoms with van der Waals surface area (Å²) < 4.78 is 5.03. The number of aromatic hydroxyl groups is 1. The number of hydrogen-bond acceptors (Lipinski definition) is 4. The Kier molecular flexibility index (Phi) is 5.23. The van der Waals surface area contributed by atoms with Crippen LogP contribution in [0, 0.1) is 11.3 Å². The fourth-order valence-corrected chi connectivity index (χ4v) is 2.00. The third kappa shape index (κ3) is 4.25. The number of halogens is 1. The molecule has 0 fully saturated rings. The molecule has 0 unspecified atom stereocenters. The van der Waals surface area contributed by atoms with Crippen LogP contribution in [0.3, 0.4) is 0 Å². The van der Waals surface area contributed by atoms with Gasteiger partial charge >= 0.3 is 0 Å². The highest BCUT2D eigenvalue weighted by molar-refractivity contribution is 6.30. The molecule has 2 N–H and O–H groups in total. The van der Waals surface area contributed by atoms with Crippen molar-refractivity contribution >= 4 is 29.3 Å². The Labute approximate surface area is 138 Å². The number of hydrogen-bond donors (Lipinski definition) is 2. The van der Waals surface area contributed by atoms with Crippen molar-refractivity contribution < 1.29 is 14.6 Å². The molecule has 0 aliphatic carbocycles. The highest BCUT2D eigenvalue weighted by Gasteiger charge is 2.11. The number of phenols is 1. The van der Waals surface area contributed by atoms with Crippen molar-refractivity contribution in [1.82, 2.24) is 0 Å². The van der Waals surface area contributed by atoms with Crippen LogP contribution in [-0.2, 0) is 4.79 Å². The van der Waals surface area contributed by atoms with Crippen molar-refractivity contribution in [3.63, 3.8) is 0 Å². The van der Waals surface area contributed by atoms with E-state index in [4.69, 9.17) is 21.6 Å². The number of ether oxygens (including phenoxy) is 1. The molecule has 0 spiro atoms. The molecule has 6 heteroatoms. The van der Waals surface area contributed by atoms with E-state index in [1.165, 1.54) is 24.3 Å². The van der Waals surface area contributed by atoms with E-state index in [1.54, 1.807) is 31.4 Å². The molecule has 2 aromatic rings. The second-order valence-electron chi connectivity index (χ2n) is 4.56. The number of carbonyl (C=O) groups is 1. The summed E-state index contributed by atoms with van der Waals surface area (Å²) in [6.07, 6.45) is 1.28. The lowest BCUT2D eigenvalue weighted by Crippen LogP contribution is -2.13. The van der Waals surface area contributed by atoms with Gasteiger partial charge in [-0.25, -0.2) is 0 Å². The monoisotopic (exact) mass is 328 g/mol. The molecular formula is C17H13ClN2O3. The van der Waals surface area contributed by atoms with Crippen molar-refractivity contribution in [2.75, 3.05) is 12.4 Å². The summed E-state index contributed by atoms with van der Waals surface area (Å²) in [4.78, 5) is 12.2. The van der Waals surface area contributed by atoms with E-state index in [0.717, 1.165) is 0 Å². The molecule has 0 aromatic heterocycles. The van der Waals surface area contributed by atoms with Crippen LogP contribution in [0.25, 0.3) is 6.08 Å². The van der Waals surface area contributed by atoms with Crippen LogP contribution in [-0.4, -0.2) is 18.1 Å². The van der Waals surface area contributed by atoms with Gasteiger partial charge in [0.2, 0.25) is 0 Å². The Balaban J connectivity index is 2.22. The number of phenolic OH excluding ortho intramolecular Hbond substituents is 1. The first kappa shape index (κ1) is 16.4. The molecule has 0 aliphatic rings. The van der Waals surface area contributed by atoms with E-state index in [1.807, 2.05) is 6.07 Å². The molecule has 0 heterocycles. The van der Waals surface area contributed by atoms with Crippen LogP contribution in [0.5, 0.6) is 11.5 Å². The first-order chi connectivity index (χ1) is 11.0. The summed E-state index contributed by atoms with van der Waals surface area (Å²) in [5.74, 6) is -0.000614. The first-order valence-electron chi connectivity index (χ1n) is 6.59. The number of nitrogens with one attached hydrogen (secondary N) is 1. The Hall–Kier alpha value is -2.97. The fourth-order valence-electron chi connectivity index (χ4n) is 1.82. The third-order valence-corrected chi connectivity index (χ3v) is 3.24. The zero-order valence-electron chi connectivity index (χ0n) is 12.2. The van der Waals surface area contributed by atoms with Crippen molar-refractivity contribution in [3.05, 3.63) is 58.6 Å². The number of nitriles is 1. The lowest BCUT2D eigenvalue weighted by molar-refractivity contribution is -0.112. The number of amides is 1. The summed E-state index contributed by atoms with van der Waals surface area (Å²) in [5, 5.41) is 21.9. The summed E-state index contributed by atoms with van der Waals surface area (Å²) >= 11 is 5.85. The molecular weight excluding hydrogens is 316 g/mol. The molecule has 2 aromatic carbocycles. The van der Waals surface area contributed by atoms with Crippen LogP contribution in [0.15, 0.2) is 48.0 Å². The molecule has 0 saturated carbocycles. The molecule has 2 rings (SSSR count). The van der Waals surface area contributed by atoms with Gasteiger partial charge in [-0.2, -0.15) is 5.26 Å². The maximum atomic E-state index is 12.2. The van der Waals surface area contributed by atoms with Gasteiger partial charge in [-0.15, -0.1) is 0 Å². The van der Waals surface area contributed by atoms with Crippen LogP contribution in [0.4, 0.5) is 5.69 Å². The smallest absolute Gasteiger partial charge is 0.266 e. The molecule has 0 saturated heterocycles. The van der Waals surface area contributed by atoms with Crippen LogP contribution < -0.4 is 10.1 Å². The SMILES string of the molecule is COc1ccc(NC(=O)/C(C#N)=C\c2cc(Cl)ccc2O)cc1. The Morgan fingerprint density at radius 3 is 2.61 bits per heavy atom. The van der Waals surface area contributed by atoms with Gasteiger partial charge in [-0.3, -0.25) is 4.79 Å². The Morgan fingerprint density at radius 1 is 1.30 bits per heavy atom. The lowest BCUT2D eigenvalue weighted by atomic mass is 10.1. The number of rotatable bonds is 4. The number of carbonyl (C=O) groups excluding carboxylic acids is 1. The topological polar surface area (TPSA) is 82.3 Å². The minimum Gasteiger partial charge on any atom is -0.507 e. The minimum atomic E-state index is -0.586. The number of nitrogens with zero attached hydrogens (tertiary/aromatic N) is 1. The molecule has 0 atom stereocenters. The van der Waals surface area contributed by atoms with E-state index in [-0.39, 0.29) is 11.3 Å². The molecule has 0 bridgehead atoms. The second kappa shape index (κ2) is 7.34. The van der Waals surface area contributed by atoms with E-state index < -0.39 is 5.91 Å². The van der Waals surface area contributed by atoms with E-state index in [0.29, 0.717) is 22.0 Å². The molecule has 116 valence electrons. The molecule has 0 radical (unpaired) electrons. The van der Waals surface area contributed by atoms with Gasteiger partial charge in [-0.05, 0) is 48.5 Å². The largest absolute Gasteiger partial charge is 0.507 e. The molecule has 1 amide bonds. The van der Waals surface area contributed by atoms with Gasteiger partial charge in [0.25, 0.3) is 5.91 Å². The van der Waals surface area contributed by atoms with E-state index >= 15 is 0 Å². The first-order valence-corrected chi connectivity index (χ1v) is 6.97. The van der Waals surface area contributed by atoms with Crippen LogP contribution in [0.1, 0.15) is 5.56 Å². The Bertz CT molecular complexity index is 792. The normalized spacial score (nSPS) is 10.7. The Morgan fingerprint density at radius 2 is 2.00 bits per heavy atom. The van der Waals surface area contributed by atoms with Crippen molar-refractivity contribution in [2.24, 2.45) is 0 Å². The molecule has 23 heavy (non-hydrogen) atoms. The van der Waals surface area contributed by atoms with Crippen molar-refractivity contribution in [3.8, 4) is 17.6 Å². The maximum absolute atomic E-state index is 12.2. The van der Waals surface area contributed by atoms with Gasteiger partial charge < -0.3 is 15.2 Å². The predicted octanol–water partition coefficient (Wildman–Crippen LogP) is 3.60. The quantitative estimate of drug-likeness (QED) is 0.663. The predicted molar refractivity (Wildman–Crippen MR) is 88.3 cm³/mol. The van der Waals surface area contributed by atoms with Crippen LogP contribution >= 0.6 is 11.6 Å². The minimum absolute atomic E-state index is 0.0700. The number of anilines is 1. The standard InChI is InChI=1S/C17H13ClN2O3/c1-23-15-5-3-14(4-6-15)20-17(22)12(10-19)8-11-9-13(18)2-7-16(11)21/h2-9,21H,1H3,(H,20,22)/b12-8-. The van der Waals surface area contributed by atoms with Gasteiger partial charge in [0.1, 0.15) is 23.1 Å².